The summed E-state index contributed by atoms with van der Waals surface area (Å²) in [6.45, 7) is 4.35. The van der Waals surface area contributed by atoms with Crippen molar-refractivity contribution in [1.29, 1.82) is 0 Å². The molecule has 96 valence electrons. The largest absolute Gasteiger partial charge is 0.306 e. The van der Waals surface area contributed by atoms with Gasteiger partial charge in [0.05, 0.1) is 6.54 Å². The Morgan fingerprint density at radius 1 is 1.22 bits per heavy atom. The van der Waals surface area contributed by atoms with Gasteiger partial charge in [-0.1, -0.05) is 19.1 Å². The summed E-state index contributed by atoms with van der Waals surface area (Å²) < 4.78 is 14.6. The number of rotatable bonds is 6. The number of benzene rings is 1. The molecular weight excluding hydrogens is 231 g/mol. The van der Waals surface area contributed by atoms with Gasteiger partial charge >= 0.3 is 0 Å². The number of aromatic nitrogens is 3. The lowest BCUT2D eigenvalue weighted by Gasteiger charge is -2.06. The lowest BCUT2D eigenvalue weighted by atomic mass is 10.2. The molecule has 1 heterocycles. The van der Waals surface area contributed by atoms with Gasteiger partial charge in [-0.05, 0) is 24.1 Å². The van der Waals surface area contributed by atoms with Gasteiger partial charge in [0.1, 0.15) is 18.0 Å². The fraction of sp³-hybridized carbons (Fsp3) is 0.385. The summed E-state index contributed by atoms with van der Waals surface area (Å²) in [5, 5.41) is 7.44. The maximum Gasteiger partial charge on any atom is 0.140 e. The Hall–Kier alpha value is -1.75. The summed E-state index contributed by atoms with van der Waals surface area (Å²) in [5.74, 6) is 0.723. The van der Waals surface area contributed by atoms with Gasteiger partial charge < -0.3 is 5.32 Å². The molecule has 0 aliphatic rings. The third-order valence-corrected chi connectivity index (χ3v) is 2.66. The zero-order valence-corrected chi connectivity index (χ0v) is 10.4. The molecule has 0 fully saturated rings. The van der Waals surface area contributed by atoms with Crippen LogP contribution in [0.5, 0.6) is 0 Å². The van der Waals surface area contributed by atoms with E-state index in [0.717, 1.165) is 24.4 Å². The summed E-state index contributed by atoms with van der Waals surface area (Å²) in [5.41, 5.74) is 1.05. The van der Waals surface area contributed by atoms with Gasteiger partial charge in [-0.2, -0.15) is 5.10 Å². The Morgan fingerprint density at radius 3 is 2.72 bits per heavy atom. The van der Waals surface area contributed by atoms with Crippen LogP contribution in [0.15, 0.2) is 30.6 Å². The van der Waals surface area contributed by atoms with Crippen molar-refractivity contribution in [3.63, 3.8) is 0 Å². The van der Waals surface area contributed by atoms with Gasteiger partial charge in [0.15, 0.2) is 0 Å². The first-order valence-corrected chi connectivity index (χ1v) is 6.11. The number of hydrogen-bond donors (Lipinski definition) is 1. The monoisotopic (exact) mass is 248 g/mol. The van der Waals surface area contributed by atoms with Crippen LogP contribution in [0.25, 0.3) is 0 Å². The Balaban J connectivity index is 1.84. The van der Waals surface area contributed by atoms with Crippen LogP contribution >= 0.6 is 0 Å². The predicted molar refractivity (Wildman–Crippen MR) is 67.3 cm³/mol. The van der Waals surface area contributed by atoms with Crippen molar-refractivity contribution in [1.82, 2.24) is 20.1 Å². The third-order valence-electron chi connectivity index (χ3n) is 2.66. The van der Waals surface area contributed by atoms with E-state index in [1.165, 1.54) is 12.1 Å². The minimum atomic E-state index is -0.207. The summed E-state index contributed by atoms with van der Waals surface area (Å²) in [6.07, 6.45) is 2.61. The molecule has 0 aliphatic heterocycles. The van der Waals surface area contributed by atoms with E-state index in [-0.39, 0.29) is 5.82 Å². The van der Waals surface area contributed by atoms with Gasteiger partial charge in [0.2, 0.25) is 0 Å². The van der Waals surface area contributed by atoms with Crippen LogP contribution in [0.4, 0.5) is 4.39 Å². The average molecular weight is 248 g/mol. The average Bonchev–Trinajstić information content (AvgIpc) is 2.80. The fourth-order valence-electron chi connectivity index (χ4n) is 1.74. The quantitative estimate of drug-likeness (QED) is 0.851. The highest BCUT2D eigenvalue weighted by molar-refractivity contribution is 5.15. The molecule has 0 spiro atoms. The molecule has 2 aromatic rings. The molecule has 0 aliphatic carbocycles. The van der Waals surface area contributed by atoms with Crippen molar-refractivity contribution in [3.8, 4) is 0 Å². The van der Waals surface area contributed by atoms with Crippen molar-refractivity contribution in [2.45, 2.75) is 33.0 Å². The molecule has 0 radical (unpaired) electrons. The molecule has 18 heavy (non-hydrogen) atoms. The number of nitrogens with zero attached hydrogens (tertiary/aromatic N) is 3. The topological polar surface area (TPSA) is 42.7 Å². The number of nitrogens with one attached hydrogen (secondary N) is 1. The lowest BCUT2D eigenvalue weighted by Crippen LogP contribution is -2.17. The summed E-state index contributed by atoms with van der Waals surface area (Å²) in [4.78, 5) is 4.21. The highest BCUT2D eigenvalue weighted by Gasteiger charge is 2.02. The first-order chi connectivity index (χ1) is 8.79. The normalized spacial score (nSPS) is 10.8. The van der Waals surface area contributed by atoms with Crippen LogP contribution in [0.3, 0.4) is 0 Å². The molecule has 0 saturated carbocycles. The molecule has 5 heteroatoms. The molecule has 4 nitrogen and oxygen atoms in total. The van der Waals surface area contributed by atoms with Gasteiger partial charge in [-0.15, -0.1) is 0 Å². The van der Waals surface area contributed by atoms with Gasteiger partial charge in [-0.3, -0.25) is 0 Å². The van der Waals surface area contributed by atoms with Crippen LogP contribution < -0.4 is 5.32 Å². The number of halogens is 1. The van der Waals surface area contributed by atoms with E-state index in [4.69, 9.17) is 0 Å². The van der Waals surface area contributed by atoms with Gasteiger partial charge in [0, 0.05) is 13.1 Å². The molecule has 1 N–H and O–H groups in total. The van der Waals surface area contributed by atoms with E-state index in [0.29, 0.717) is 13.1 Å². The maximum atomic E-state index is 12.7. The highest BCUT2D eigenvalue weighted by Crippen LogP contribution is 2.03. The zero-order valence-electron chi connectivity index (χ0n) is 10.4. The first kappa shape index (κ1) is 12.7. The van der Waals surface area contributed by atoms with E-state index >= 15 is 0 Å². The second-order valence-corrected chi connectivity index (χ2v) is 4.13. The predicted octanol–water partition coefficient (Wildman–Crippen LogP) is 2.12. The van der Waals surface area contributed by atoms with E-state index in [1.54, 1.807) is 18.5 Å². The van der Waals surface area contributed by atoms with Crippen molar-refractivity contribution >= 4 is 0 Å². The SMILES string of the molecule is CCCn1ncnc1CNCc1ccc(F)cc1. The van der Waals surface area contributed by atoms with Gasteiger partial charge in [-0.25, -0.2) is 14.1 Å². The summed E-state index contributed by atoms with van der Waals surface area (Å²) in [7, 11) is 0. The maximum absolute atomic E-state index is 12.7. The van der Waals surface area contributed by atoms with Crippen LogP contribution in [0.1, 0.15) is 24.7 Å². The molecule has 0 saturated heterocycles. The van der Waals surface area contributed by atoms with Crippen molar-refractivity contribution in [2.24, 2.45) is 0 Å². The molecule has 0 atom stereocenters. The van der Waals surface area contributed by atoms with Crippen LogP contribution in [0, 0.1) is 5.82 Å². The fourth-order valence-corrected chi connectivity index (χ4v) is 1.74. The molecule has 1 aromatic heterocycles. The Labute approximate surface area is 106 Å². The number of hydrogen-bond acceptors (Lipinski definition) is 3. The van der Waals surface area contributed by atoms with E-state index in [1.807, 2.05) is 4.68 Å². The highest BCUT2D eigenvalue weighted by atomic mass is 19.1. The molecule has 0 unspecified atom stereocenters. The smallest absolute Gasteiger partial charge is 0.140 e. The molecule has 0 amide bonds. The Morgan fingerprint density at radius 2 is 2.00 bits per heavy atom. The molecule has 0 bridgehead atoms. The Kier molecular flexibility index (Phi) is 4.41. The van der Waals surface area contributed by atoms with Crippen molar-refractivity contribution in [3.05, 3.63) is 47.8 Å². The minimum Gasteiger partial charge on any atom is -0.306 e. The Bertz CT molecular complexity index is 478. The molecular formula is C13H17FN4. The van der Waals surface area contributed by atoms with E-state index in [9.17, 15) is 4.39 Å². The van der Waals surface area contributed by atoms with Crippen molar-refractivity contribution in [2.75, 3.05) is 0 Å². The molecule has 2 rings (SSSR count). The minimum absolute atomic E-state index is 0.207. The van der Waals surface area contributed by atoms with E-state index in [2.05, 4.69) is 22.3 Å². The number of aryl methyl sites for hydroxylation is 1. The van der Waals surface area contributed by atoms with E-state index < -0.39 is 0 Å². The van der Waals surface area contributed by atoms with Crippen molar-refractivity contribution < 1.29 is 4.39 Å². The molecule has 1 aromatic carbocycles. The van der Waals surface area contributed by atoms with Gasteiger partial charge in [0.25, 0.3) is 0 Å². The third kappa shape index (κ3) is 3.37. The van der Waals surface area contributed by atoms with Crippen LogP contribution in [-0.2, 0) is 19.6 Å². The summed E-state index contributed by atoms with van der Waals surface area (Å²) in [6, 6.07) is 6.49. The first-order valence-electron chi connectivity index (χ1n) is 6.11. The lowest BCUT2D eigenvalue weighted by molar-refractivity contribution is 0.542. The standard InChI is InChI=1S/C13H17FN4/c1-2-7-18-13(16-10-17-18)9-15-8-11-3-5-12(14)6-4-11/h3-6,10,15H,2,7-9H2,1H3. The zero-order chi connectivity index (χ0) is 12.8. The van der Waals surface area contributed by atoms with Crippen LogP contribution in [-0.4, -0.2) is 14.8 Å². The second-order valence-electron chi connectivity index (χ2n) is 4.13. The van der Waals surface area contributed by atoms with Crippen LogP contribution in [0.2, 0.25) is 0 Å². The second kappa shape index (κ2) is 6.26. The summed E-state index contributed by atoms with van der Waals surface area (Å²) >= 11 is 0.